The molecule has 0 saturated heterocycles. The minimum absolute atomic E-state index is 0.296. The Morgan fingerprint density at radius 1 is 0.778 bits per heavy atom. The highest BCUT2D eigenvalue weighted by atomic mass is 15.0. The molecule has 0 unspecified atom stereocenters. The number of rotatable bonds is 2. The van der Waals surface area contributed by atoms with E-state index in [0.29, 0.717) is 11.8 Å². The standard InChI is InChI=1S/C22H17N5/c23-21-19-16-10-11-25-20(16)17(12-18(19)26-22(24)27-21)15-8-6-14(7-9-15)13-4-2-1-3-5-13/h1-12H,23H2,(H3,24,26,27). The van der Waals surface area contributed by atoms with E-state index < -0.39 is 0 Å². The summed E-state index contributed by atoms with van der Waals surface area (Å²) in [5, 5.41) is 1.82. The van der Waals surface area contributed by atoms with Crippen molar-refractivity contribution in [1.82, 2.24) is 15.0 Å². The number of anilines is 2. The number of hydrogen-bond acceptors (Lipinski definition) is 4. The fourth-order valence-electron chi connectivity index (χ4n) is 3.60. The van der Waals surface area contributed by atoms with E-state index in [1.807, 2.05) is 30.3 Å². The second-order valence-electron chi connectivity index (χ2n) is 6.50. The van der Waals surface area contributed by atoms with E-state index in [1.54, 1.807) is 6.20 Å². The molecule has 0 aliphatic carbocycles. The number of aromatic nitrogens is 3. The molecule has 0 radical (unpaired) electrons. The first-order chi connectivity index (χ1) is 13.2. The predicted molar refractivity (Wildman–Crippen MR) is 111 cm³/mol. The van der Waals surface area contributed by atoms with E-state index >= 15 is 0 Å². The van der Waals surface area contributed by atoms with Crippen molar-refractivity contribution in [2.24, 2.45) is 0 Å². The summed E-state index contributed by atoms with van der Waals surface area (Å²) in [5.74, 6) is 0.703. The molecular formula is C22H17N5. The Labute approximate surface area is 155 Å². The third kappa shape index (κ3) is 2.48. The number of aromatic amines is 1. The van der Waals surface area contributed by atoms with Crippen molar-refractivity contribution in [2.75, 3.05) is 11.5 Å². The van der Waals surface area contributed by atoms with Crippen molar-refractivity contribution in [3.05, 3.63) is 72.9 Å². The molecule has 2 heterocycles. The maximum Gasteiger partial charge on any atom is 0.199 e. The molecule has 5 nitrogen and oxygen atoms in total. The number of H-pyrrole nitrogens is 1. The van der Waals surface area contributed by atoms with Crippen molar-refractivity contribution >= 4 is 33.6 Å². The van der Waals surface area contributed by atoms with Gasteiger partial charge in [0.25, 0.3) is 0 Å². The highest BCUT2D eigenvalue weighted by Crippen LogP contribution is 2.36. The number of benzene rings is 3. The molecule has 0 spiro atoms. The lowest BCUT2D eigenvalue weighted by Gasteiger charge is -2.10. The third-order valence-electron chi connectivity index (χ3n) is 4.85. The predicted octanol–water partition coefficient (Wildman–Crippen LogP) is 4.61. The zero-order valence-electron chi connectivity index (χ0n) is 14.5. The number of nitrogens with two attached hydrogens (primary N) is 2. The lowest BCUT2D eigenvalue weighted by atomic mass is 9.97. The fraction of sp³-hybridized carbons (Fsp3) is 0. The molecule has 0 bridgehead atoms. The molecule has 5 N–H and O–H groups in total. The van der Waals surface area contributed by atoms with Gasteiger partial charge in [-0.3, -0.25) is 4.98 Å². The summed E-state index contributed by atoms with van der Waals surface area (Å²) in [5.41, 5.74) is 18.2. The van der Waals surface area contributed by atoms with Crippen LogP contribution in [-0.2, 0) is 0 Å². The van der Waals surface area contributed by atoms with Crippen molar-refractivity contribution in [1.29, 1.82) is 0 Å². The lowest BCUT2D eigenvalue weighted by Crippen LogP contribution is -2.01. The van der Waals surface area contributed by atoms with E-state index in [2.05, 4.69) is 51.4 Å². The summed E-state index contributed by atoms with van der Waals surface area (Å²) in [6.45, 7) is 0. The van der Waals surface area contributed by atoms with Crippen LogP contribution in [-0.4, -0.2) is 15.0 Å². The summed E-state index contributed by atoms with van der Waals surface area (Å²) in [4.78, 5) is 11.8. The van der Waals surface area contributed by atoms with Crippen molar-refractivity contribution in [2.45, 2.75) is 0 Å². The first-order valence-corrected chi connectivity index (χ1v) is 8.69. The Morgan fingerprint density at radius 3 is 2.26 bits per heavy atom. The highest BCUT2D eigenvalue weighted by Gasteiger charge is 2.14. The number of nitrogens with one attached hydrogen (secondary N) is 1. The zero-order chi connectivity index (χ0) is 18.4. The summed E-state index contributed by atoms with van der Waals surface area (Å²) in [7, 11) is 0. The Morgan fingerprint density at radius 2 is 1.48 bits per heavy atom. The number of nitrogen functional groups attached to an aromatic ring is 2. The number of fused-ring (bicyclic) bond motifs is 3. The first kappa shape index (κ1) is 15.4. The lowest BCUT2D eigenvalue weighted by molar-refractivity contribution is 1.25. The summed E-state index contributed by atoms with van der Waals surface area (Å²) in [6.07, 6.45) is 1.79. The summed E-state index contributed by atoms with van der Waals surface area (Å²) in [6, 6.07) is 22.8. The van der Waals surface area contributed by atoms with Crippen LogP contribution in [0.25, 0.3) is 44.1 Å². The van der Waals surface area contributed by atoms with Gasteiger partial charge in [0.1, 0.15) is 5.82 Å². The molecule has 5 aromatic rings. The molecule has 130 valence electrons. The molecular weight excluding hydrogens is 334 g/mol. The second-order valence-corrected chi connectivity index (χ2v) is 6.50. The van der Waals surface area contributed by atoms with Crippen LogP contribution < -0.4 is 11.5 Å². The quantitative estimate of drug-likeness (QED) is 0.433. The van der Waals surface area contributed by atoms with E-state index in [0.717, 1.165) is 32.9 Å². The van der Waals surface area contributed by atoms with Crippen LogP contribution in [0.5, 0.6) is 0 Å². The molecule has 0 fully saturated rings. The van der Waals surface area contributed by atoms with E-state index in [1.165, 1.54) is 11.1 Å². The van der Waals surface area contributed by atoms with Gasteiger partial charge in [0.2, 0.25) is 0 Å². The van der Waals surface area contributed by atoms with Crippen LogP contribution in [0.2, 0.25) is 0 Å². The van der Waals surface area contributed by atoms with E-state index in [4.69, 9.17) is 11.5 Å². The molecule has 3 aromatic carbocycles. The van der Waals surface area contributed by atoms with Gasteiger partial charge >= 0.3 is 0 Å². The third-order valence-corrected chi connectivity index (χ3v) is 4.85. The molecule has 0 amide bonds. The van der Waals surface area contributed by atoms with Crippen LogP contribution in [0.15, 0.2) is 72.9 Å². The SMILES string of the molecule is Nc1nc(N)c2c(cc(-c3ccc(-c4ccccc4)cc3)c3nccc32)[nH]1. The largest absolute Gasteiger partial charge is 0.383 e. The molecule has 5 heteroatoms. The maximum absolute atomic E-state index is 6.12. The molecule has 5 rings (SSSR count). The van der Waals surface area contributed by atoms with Gasteiger partial charge in [-0.25, -0.2) is 0 Å². The average molecular weight is 351 g/mol. The second kappa shape index (κ2) is 5.85. The Balaban J connectivity index is 1.71. The van der Waals surface area contributed by atoms with Gasteiger partial charge in [0, 0.05) is 22.5 Å². The number of nitrogens with zero attached hydrogens (tertiary/aromatic N) is 2. The Hall–Kier alpha value is -3.86. The van der Waals surface area contributed by atoms with E-state index in [9.17, 15) is 0 Å². The maximum atomic E-state index is 6.12. The van der Waals surface area contributed by atoms with Crippen LogP contribution in [0, 0.1) is 0 Å². The normalized spacial score (nSPS) is 11.3. The van der Waals surface area contributed by atoms with E-state index in [-0.39, 0.29) is 0 Å². The Bertz CT molecular complexity index is 1270. The van der Waals surface area contributed by atoms with Gasteiger partial charge in [-0.05, 0) is 28.8 Å². The van der Waals surface area contributed by atoms with Crippen molar-refractivity contribution in [3.8, 4) is 22.3 Å². The minimum Gasteiger partial charge on any atom is -0.383 e. The topological polar surface area (TPSA) is 93.6 Å². The highest BCUT2D eigenvalue weighted by molar-refractivity contribution is 6.15. The minimum atomic E-state index is 0.296. The number of hydrogen-bond donors (Lipinski definition) is 3. The van der Waals surface area contributed by atoms with Crippen molar-refractivity contribution in [3.63, 3.8) is 0 Å². The van der Waals surface area contributed by atoms with Gasteiger partial charge in [0.05, 0.1) is 11.0 Å². The van der Waals surface area contributed by atoms with Gasteiger partial charge in [-0.15, -0.1) is 0 Å². The van der Waals surface area contributed by atoms with Crippen LogP contribution in [0.1, 0.15) is 0 Å². The van der Waals surface area contributed by atoms with Crippen LogP contribution >= 0.6 is 0 Å². The summed E-state index contributed by atoms with van der Waals surface area (Å²) >= 11 is 0. The average Bonchev–Trinajstić information content (AvgIpc) is 3.17. The Kier molecular flexibility index (Phi) is 3.33. The molecule has 2 aromatic heterocycles. The molecule has 0 atom stereocenters. The van der Waals surface area contributed by atoms with Gasteiger partial charge < -0.3 is 16.5 Å². The summed E-state index contributed by atoms with van der Waals surface area (Å²) < 4.78 is 0. The zero-order valence-corrected chi connectivity index (χ0v) is 14.5. The van der Waals surface area contributed by atoms with Gasteiger partial charge in [-0.1, -0.05) is 54.6 Å². The van der Waals surface area contributed by atoms with Crippen LogP contribution in [0.3, 0.4) is 0 Å². The molecule has 0 saturated carbocycles. The van der Waals surface area contributed by atoms with Gasteiger partial charge in [-0.2, -0.15) is 4.98 Å². The smallest absolute Gasteiger partial charge is 0.199 e. The van der Waals surface area contributed by atoms with Gasteiger partial charge in [0.15, 0.2) is 5.95 Å². The van der Waals surface area contributed by atoms with Crippen LogP contribution in [0.4, 0.5) is 11.8 Å². The van der Waals surface area contributed by atoms with Crippen molar-refractivity contribution < 1.29 is 0 Å². The molecule has 0 aliphatic heterocycles. The monoisotopic (exact) mass is 351 g/mol. The molecule has 27 heavy (non-hydrogen) atoms. The first-order valence-electron chi connectivity index (χ1n) is 8.69. The fourth-order valence-corrected chi connectivity index (χ4v) is 3.60. The molecule has 0 aliphatic rings.